The topological polar surface area (TPSA) is 124 Å². The minimum atomic E-state index is -1.50. The predicted molar refractivity (Wildman–Crippen MR) is 78.3 cm³/mol. The van der Waals surface area contributed by atoms with Gasteiger partial charge in [0, 0.05) is 0 Å². The fourth-order valence-corrected chi connectivity index (χ4v) is 2.89. The van der Waals surface area contributed by atoms with Gasteiger partial charge in [-0.3, -0.25) is 0 Å². The number of ether oxygens (including phenoxy) is 2. The number of fused-ring (bicyclic) bond motifs is 5. The Morgan fingerprint density at radius 2 is 1.28 bits per heavy atom. The van der Waals surface area contributed by atoms with Crippen molar-refractivity contribution in [2.24, 2.45) is 0 Å². The number of hydrogen-bond acceptors (Lipinski definition) is 7. The van der Waals surface area contributed by atoms with Crippen LogP contribution in [0.15, 0.2) is 30.3 Å². The van der Waals surface area contributed by atoms with E-state index in [4.69, 9.17) is 9.47 Å². The number of carboxylic acids is 1. The van der Waals surface area contributed by atoms with E-state index in [1.807, 2.05) is 0 Å². The van der Waals surface area contributed by atoms with Gasteiger partial charge in [-0.05, 0) is 29.3 Å². The SMILES string of the molecule is O=C1OC(=O)c2ccc3c(C(=O)O)c2C(=O)OC(=O)c2cc-3ccc21. The van der Waals surface area contributed by atoms with Crippen LogP contribution in [0.4, 0.5) is 0 Å². The lowest BCUT2D eigenvalue weighted by Crippen LogP contribution is -2.25. The number of rotatable bonds is 1. The normalized spacial score (nSPS) is 14.9. The largest absolute Gasteiger partial charge is 0.478 e. The standard InChI is InChI=1S/C17H6O8/c18-13(19)11-7-3-4-9-12(11)17(23)25-16(22)10-5-6(7)1-2-8(10)14(20)24-15(9)21/h1-5H,(H,18,19). The van der Waals surface area contributed by atoms with Gasteiger partial charge in [-0.15, -0.1) is 0 Å². The van der Waals surface area contributed by atoms with Crippen LogP contribution < -0.4 is 0 Å². The zero-order valence-electron chi connectivity index (χ0n) is 12.2. The van der Waals surface area contributed by atoms with Crippen LogP contribution in [0.2, 0.25) is 0 Å². The number of carbonyl (C=O) groups is 5. The first-order chi connectivity index (χ1) is 11.9. The highest BCUT2D eigenvalue weighted by Gasteiger charge is 2.36. The molecule has 2 aliphatic rings. The Bertz CT molecular complexity index is 1050. The molecule has 1 N–H and O–H groups in total. The van der Waals surface area contributed by atoms with Gasteiger partial charge >= 0.3 is 29.8 Å². The first-order valence-electron chi connectivity index (χ1n) is 6.96. The molecule has 2 heterocycles. The van der Waals surface area contributed by atoms with Gasteiger partial charge in [-0.1, -0.05) is 12.1 Å². The molecule has 122 valence electrons. The number of hydrogen-bond donors (Lipinski definition) is 1. The molecular weight excluding hydrogens is 332 g/mol. The van der Waals surface area contributed by atoms with Crippen LogP contribution in [-0.4, -0.2) is 35.0 Å². The molecule has 4 bridgehead atoms. The second-order valence-electron chi connectivity index (χ2n) is 5.33. The third-order valence-electron chi connectivity index (χ3n) is 3.98. The summed E-state index contributed by atoms with van der Waals surface area (Å²) in [5.41, 5.74) is -1.81. The molecule has 0 fully saturated rings. The molecule has 0 saturated carbocycles. The van der Waals surface area contributed by atoms with Crippen LogP contribution in [0, 0.1) is 0 Å². The van der Waals surface area contributed by atoms with Crippen molar-refractivity contribution in [3.63, 3.8) is 0 Å². The average molecular weight is 338 g/mol. The fourth-order valence-electron chi connectivity index (χ4n) is 2.89. The lowest BCUT2D eigenvalue weighted by atomic mass is 9.91. The van der Waals surface area contributed by atoms with Crippen molar-refractivity contribution in [2.45, 2.75) is 0 Å². The Balaban J connectivity index is 2.26. The monoisotopic (exact) mass is 338 g/mol. The van der Waals surface area contributed by atoms with Gasteiger partial charge in [-0.25, -0.2) is 24.0 Å². The summed E-state index contributed by atoms with van der Waals surface area (Å²) < 4.78 is 9.39. The summed E-state index contributed by atoms with van der Waals surface area (Å²) in [6.07, 6.45) is 0. The van der Waals surface area contributed by atoms with Gasteiger partial charge in [0.25, 0.3) is 0 Å². The molecule has 0 saturated heterocycles. The van der Waals surface area contributed by atoms with E-state index < -0.39 is 46.5 Å². The first kappa shape index (κ1) is 14.8. The maximum absolute atomic E-state index is 12.4. The van der Waals surface area contributed by atoms with Crippen LogP contribution in [0.25, 0.3) is 11.1 Å². The fraction of sp³-hybridized carbons (Fsp3) is 0. The average Bonchev–Trinajstić information content (AvgIpc) is 2.61. The quantitative estimate of drug-likeness (QED) is 0.615. The Kier molecular flexibility index (Phi) is 2.86. The zero-order chi connectivity index (χ0) is 17.9. The van der Waals surface area contributed by atoms with Crippen LogP contribution in [0.1, 0.15) is 51.8 Å². The number of esters is 4. The van der Waals surface area contributed by atoms with E-state index in [0.717, 1.165) is 6.07 Å². The van der Waals surface area contributed by atoms with E-state index >= 15 is 0 Å². The number of aromatic carboxylic acids is 1. The molecule has 2 aliphatic heterocycles. The van der Waals surface area contributed by atoms with Gasteiger partial charge in [0.05, 0.1) is 27.8 Å². The summed E-state index contributed by atoms with van der Waals surface area (Å²) in [5.74, 6) is -6.26. The molecule has 8 heteroatoms. The third kappa shape index (κ3) is 1.97. The van der Waals surface area contributed by atoms with Gasteiger partial charge in [-0.2, -0.15) is 0 Å². The summed E-state index contributed by atoms with van der Waals surface area (Å²) in [6.45, 7) is 0. The summed E-state index contributed by atoms with van der Waals surface area (Å²) in [6, 6.07) is 6.28. The molecular formula is C17H6O8. The van der Waals surface area contributed by atoms with Gasteiger partial charge in [0.1, 0.15) is 0 Å². The van der Waals surface area contributed by atoms with Gasteiger partial charge in [0.2, 0.25) is 0 Å². The van der Waals surface area contributed by atoms with Gasteiger partial charge in [0.15, 0.2) is 0 Å². The van der Waals surface area contributed by atoms with Crippen LogP contribution >= 0.6 is 0 Å². The van der Waals surface area contributed by atoms with E-state index in [9.17, 15) is 29.1 Å². The minimum absolute atomic E-state index is 0.104. The summed E-state index contributed by atoms with van der Waals surface area (Å²) in [5, 5.41) is 9.57. The maximum atomic E-state index is 12.4. The minimum Gasteiger partial charge on any atom is -0.478 e. The lowest BCUT2D eigenvalue weighted by Gasteiger charge is -2.13. The number of cyclic esters (lactones) is 2. The Morgan fingerprint density at radius 1 is 0.720 bits per heavy atom. The smallest absolute Gasteiger partial charge is 0.347 e. The summed E-state index contributed by atoms with van der Waals surface area (Å²) in [4.78, 5) is 60.8. The zero-order valence-corrected chi connectivity index (χ0v) is 12.2. The first-order valence-corrected chi connectivity index (χ1v) is 6.96. The van der Waals surface area contributed by atoms with Crippen molar-refractivity contribution in [3.8, 4) is 11.1 Å². The van der Waals surface area contributed by atoms with E-state index in [0.29, 0.717) is 0 Å². The summed E-state index contributed by atoms with van der Waals surface area (Å²) >= 11 is 0. The van der Waals surface area contributed by atoms with Crippen LogP contribution in [-0.2, 0) is 9.47 Å². The van der Waals surface area contributed by atoms with Crippen LogP contribution in [0.5, 0.6) is 0 Å². The van der Waals surface area contributed by atoms with Crippen molar-refractivity contribution >= 4 is 29.8 Å². The molecule has 0 radical (unpaired) electrons. The number of carbonyl (C=O) groups excluding carboxylic acids is 4. The van der Waals surface area contributed by atoms with Crippen molar-refractivity contribution in [1.82, 2.24) is 0 Å². The second-order valence-corrected chi connectivity index (χ2v) is 5.33. The van der Waals surface area contributed by atoms with E-state index in [1.165, 1.54) is 24.3 Å². The molecule has 0 unspecified atom stereocenters. The molecule has 8 nitrogen and oxygen atoms in total. The molecule has 0 spiro atoms. The molecule has 0 atom stereocenters. The molecule has 0 aliphatic carbocycles. The Labute approximate surface area is 138 Å². The highest BCUT2D eigenvalue weighted by Crippen LogP contribution is 2.34. The highest BCUT2D eigenvalue weighted by atomic mass is 16.6. The molecule has 25 heavy (non-hydrogen) atoms. The van der Waals surface area contributed by atoms with E-state index in [-0.39, 0.29) is 22.3 Å². The maximum Gasteiger partial charge on any atom is 0.347 e. The molecule has 2 aromatic carbocycles. The van der Waals surface area contributed by atoms with Crippen molar-refractivity contribution in [2.75, 3.05) is 0 Å². The molecule has 2 aromatic rings. The van der Waals surface area contributed by atoms with Crippen LogP contribution in [0.3, 0.4) is 0 Å². The van der Waals surface area contributed by atoms with Crippen molar-refractivity contribution < 1.29 is 38.6 Å². The number of benzene rings is 2. The third-order valence-corrected chi connectivity index (χ3v) is 3.98. The highest BCUT2D eigenvalue weighted by molar-refractivity contribution is 6.20. The van der Waals surface area contributed by atoms with Crippen molar-refractivity contribution in [1.29, 1.82) is 0 Å². The molecule has 4 rings (SSSR count). The predicted octanol–water partition coefficient (Wildman–Crippen LogP) is 1.67. The number of carboxylic acid groups (broad SMARTS) is 1. The second kappa shape index (κ2) is 4.84. The summed E-state index contributed by atoms with van der Waals surface area (Å²) in [7, 11) is 0. The Hall–Kier alpha value is -3.81. The van der Waals surface area contributed by atoms with E-state index in [2.05, 4.69) is 0 Å². The van der Waals surface area contributed by atoms with E-state index in [1.54, 1.807) is 0 Å². The van der Waals surface area contributed by atoms with Crippen molar-refractivity contribution in [3.05, 3.63) is 58.1 Å². The molecule has 0 amide bonds. The lowest BCUT2D eigenvalue weighted by molar-refractivity contribution is 0.0332. The van der Waals surface area contributed by atoms with Gasteiger partial charge < -0.3 is 14.6 Å². The Morgan fingerprint density at radius 3 is 2.00 bits per heavy atom. The molecule has 0 aromatic heterocycles.